The Labute approximate surface area is 363 Å². The van der Waals surface area contributed by atoms with Crippen LogP contribution in [0.15, 0.2) is 36.4 Å². The van der Waals surface area contributed by atoms with Gasteiger partial charge in [-0.05, 0) is 120 Å². The summed E-state index contributed by atoms with van der Waals surface area (Å²) in [5, 5.41) is 12.9. The minimum absolute atomic E-state index is 0.0635. The molecular weight excluding hydrogens is 793 g/mol. The standard InChI is InChI=1S/C47H65F2N9O4/c1-9-29(10-2)40(54-44(59)27(5)50-7)46(61)57-23-26(4)18-34(57)24-58-39-16-14-32(49)20-38(39)53-43(58)42-36(35-15-13-31(48)19-37(35)52-42)21-33-17-25(3)22-56(33)47(62)41(30-11-12-30)55-45(60)28(6)51-8/h13-16,19-20,25-30,33-34,40-41,50-52H,9-12,17-18,21-24H2,1-8H3,(H,54,59)(H,55,60). The number of fused-ring (bicyclic) bond motifs is 2. The number of likely N-dealkylation sites (tertiary alicyclic amines) is 2. The van der Waals surface area contributed by atoms with Crippen LogP contribution < -0.4 is 21.3 Å². The van der Waals surface area contributed by atoms with E-state index >= 15 is 0 Å². The van der Waals surface area contributed by atoms with Crippen LogP contribution in [0, 0.1) is 35.3 Å². The molecule has 1 saturated carbocycles. The number of aromatic nitrogens is 3. The lowest BCUT2D eigenvalue weighted by molar-refractivity contribution is -0.139. The summed E-state index contributed by atoms with van der Waals surface area (Å²) in [5.41, 5.74) is 3.18. The molecule has 4 aromatic rings. The first-order valence-electron chi connectivity index (χ1n) is 22.7. The van der Waals surface area contributed by atoms with Crippen LogP contribution >= 0.6 is 0 Å². The van der Waals surface area contributed by atoms with Gasteiger partial charge in [0.2, 0.25) is 23.6 Å². The molecule has 2 saturated heterocycles. The summed E-state index contributed by atoms with van der Waals surface area (Å²) < 4.78 is 31.9. The fourth-order valence-electron chi connectivity index (χ4n) is 9.89. The first-order valence-corrected chi connectivity index (χ1v) is 22.7. The highest BCUT2D eigenvalue weighted by Crippen LogP contribution is 2.39. The van der Waals surface area contributed by atoms with Crippen molar-refractivity contribution in [2.24, 2.45) is 23.7 Å². The SMILES string of the molecule is CCC(CC)C(NC(=O)C(C)NC)C(=O)N1CC(C)CC1Cn1c(-c2[nH]c3cc(F)ccc3c2CC2CC(C)CN2C(=O)C(NC(=O)C(C)NC)C2CC2)nc2cc(F)ccc21. The summed E-state index contributed by atoms with van der Waals surface area (Å²) in [5.74, 6) is -0.572. The molecule has 336 valence electrons. The average Bonchev–Trinajstić information content (AvgIpc) is 3.61. The first-order chi connectivity index (χ1) is 29.6. The lowest BCUT2D eigenvalue weighted by Gasteiger charge is -2.34. The maximum atomic E-state index is 15.0. The smallest absolute Gasteiger partial charge is 0.245 e. The number of H-pyrrole nitrogens is 1. The minimum atomic E-state index is -0.705. The molecule has 2 aromatic heterocycles. The lowest BCUT2D eigenvalue weighted by atomic mass is 9.92. The van der Waals surface area contributed by atoms with Gasteiger partial charge in [0, 0.05) is 42.6 Å². The number of likely N-dealkylation sites (N-methyl/N-ethyl adjacent to an activating group) is 2. The second-order valence-corrected chi connectivity index (χ2v) is 18.4. The van der Waals surface area contributed by atoms with Gasteiger partial charge in [-0.3, -0.25) is 19.2 Å². The van der Waals surface area contributed by atoms with Crippen LogP contribution in [0.3, 0.4) is 0 Å². The molecule has 13 nitrogen and oxygen atoms in total. The van der Waals surface area contributed by atoms with E-state index in [-0.39, 0.29) is 59.4 Å². The molecule has 1 aliphatic carbocycles. The topological polar surface area (TPSA) is 156 Å². The normalized spacial score (nSPS) is 22.4. The molecule has 0 spiro atoms. The molecule has 0 radical (unpaired) electrons. The Kier molecular flexibility index (Phi) is 13.7. The van der Waals surface area contributed by atoms with Crippen LogP contribution in [0.5, 0.6) is 0 Å². The van der Waals surface area contributed by atoms with Crippen molar-refractivity contribution in [2.45, 2.75) is 129 Å². The highest BCUT2D eigenvalue weighted by Gasteiger charge is 2.45. The molecule has 3 fully saturated rings. The summed E-state index contributed by atoms with van der Waals surface area (Å²) in [6, 6.07) is 6.41. The van der Waals surface area contributed by atoms with Crippen molar-refractivity contribution in [1.82, 2.24) is 45.6 Å². The van der Waals surface area contributed by atoms with Crippen LogP contribution in [0.2, 0.25) is 0 Å². The molecule has 8 unspecified atom stereocenters. The maximum absolute atomic E-state index is 15.0. The molecular formula is C47H65F2N9O4. The van der Waals surface area contributed by atoms with Crippen molar-refractivity contribution in [3.8, 4) is 11.5 Å². The molecule has 4 amide bonds. The maximum Gasteiger partial charge on any atom is 0.245 e. The van der Waals surface area contributed by atoms with Crippen molar-refractivity contribution >= 4 is 45.6 Å². The number of benzene rings is 2. The van der Waals surface area contributed by atoms with Crippen LogP contribution in [-0.2, 0) is 32.1 Å². The summed E-state index contributed by atoms with van der Waals surface area (Å²) >= 11 is 0. The molecule has 8 atom stereocenters. The molecule has 4 heterocycles. The third-order valence-electron chi connectivity index (χ3n) is 13.8. The zero-order valence-electron chi connectivity index (χ0n) is 37.5. The van der Waals surface area contributed by atoms with Gasteiger partial charge in [0.15, 0.2) is 5.82 Å². The van der Waals surface area contributed by atoms with E-state index in [1.54, 1.807) is 40.1 Å². The Hall–Kier alpha value is -4.89. The number of aromatic amines is 1. The number of hydrogen-bond donors (Lipinski definition) is 5. The van der Waals surface area contributed by atoms with E-state index in [4.69, 9.17) is 4.98 Å². The highest BCUT2D eigenvalue weighted by molar-refractivity contribution is 5.93. The largest absolute Gasteiger partial charge is 0.352 e. The number of nitrogens with one attached hydrogen (secondary N) is 5. The van der Waals surface area contributed by atoms with Gasteiger partial charge >= 0.3 is 0 Å². The van der Waals surface area contributed by atoms with Gasteiger partial charge < -0.3 is 40.6 Å². The predicted molar refractivity (Wildman–Crippen MR) is 237 cm³/mol. The Morgan fingerprint density at radius 2 is 1.42 bits per heavy atom. The Balaban J connectivity index is 1.27. The van der Waals surface area contributed by atoms with Crippen molar-refractivity contribution in [2.75, 3.05) is 27.2 Å². The van der Waals surface area contributed by atoms with E-state index < -0.39 is 35.8 Å². The van der Waals surface area contributed by atoms with E-state index in [1.165, 1.54) is 24.3 Å². The van der Waals surface area contributed by atoms with E-state index in [0.717, 1.165) is 43.1 Å². The van der Waals surface area contributed by atoms with Crippen LogP contribution in [0.1, 0.15) is 85.6 Å². The Morgan fingerprint density at radius 3 is 2.05 bits per heavy atom. The van der Waals surface area contributed by atoms with Crippen molar-refractivity contribution in [1.29, 1.82) is 0 Å². The number of amides is 4. The fraction of sp³-hybridized carbons (Fsp3) is 0.596. The Morgan fingerprint density at radius 1 is 0.823 bits per heavy atom. The number of halogens is 2. The van der Waals surface area contributed by atoms with Crippen LogP contribution in [0.25, 0.3) is 33.5 Å². The van der Waals surface area contributed by atoms with Crippen molar-refractivity contribution < 1.29 is 28.0 Å². The molecule has 2 aromatic carbocycles. The summed E-state index contributed by atoms with van der Waals surface area (Å²) in [6.45, 7) is 13.3. The number of carbonyl (C=O) groups is 4. The highest BCUT2D eigenvalue weighted by atomic mass is 19.1. The van der Waals surface area contributed by atoms with Crippen LogP contribution in [0.4, 0.5) is 8.78 Å². The average molecular weight is 858 g/mol. The van der Waals surface area contributed by atoms with Crippen LogP contribution in [-0.4, -0.2) is 111 Å². The number of imidazole rings is 1. The lowest BCUT2D eigenvalue weighted by Crippen LogP contribution is -2.56. The fourth-order valence-corrected chi connectivity index (χ4v) is 9.89. The van der Waals surface area contributed by atoms with Gasteiger partial charge in [-0.25, -0.2) is 13.8 Å². The molecule has 2 aliphatic heterocycles. The number of rotatable bonds is 17. The molecule has 5 N–H and O–H groups in total. The van der Waals surface area contributed by atoms with Gasteiger partial charge in [-0.2, -0.15) is 0 Å². The third kappa shape index (κ3) is 9.25. The van der Waals surface area contributed by atoms with E-state index in [2.05, 4.69) is 40.1 Å². The predicted octanol–water partition coefficient (Wildman–Crippen LogP) is 5.51. The van der Waals surface area contributed by atoms with Gasteiger partial charge in [-0.1, -0.05) is 40.5 Å². The van der Waals surface area contributed by atoms with E-state index in [1.807, 2.05) is 28.2 Å². The van der Waals surface area contributed by atoms with E-state index in [0.29, 0.717) is 60.5 Å². The van der Waals surface area contributed by atoms with Gasteiger partial charge in [0.05, 0.1) is 34.9 Å². The molecule has 3 aliphatic rings. The molecule has 62 heavy (non-hydrogen) atoms. The number of nitrogens with zero attached hydrogens (tertiary/aromatic N) is 4. The Bertz CT molecular complexity index is 2290. The monoisotopic (exact) mass is 858 g/mol. The molecule has 15 heteroatoms. The number of carbonyl (C=O) groups excluding carboxylic acids is 4. The van der Waals surface area contributed by atoms with Crippen molar-refractivity contribution in [3.05, 3.63) is 53.6 Å². The number of hydrogen-bond acceptors (Lipinski definition) is 7. The van der Waals surface area contributed by atoms with Crippen molar-refractivity contribution in [3.63, 3.8) is 0 Å². The summed E-state index contributed by atoms with van der Waals surface area (Å²) in [6.07, 6.45) is 5.05. The zero-order valence-corrected chi connectivity index (χ0v) is 37.5. The molecule has 7 rings (SSSR count). The zero-order chi connectivity index (χ0) is 44.6. The van der Waals surface area contributed by atoms with E-state index in [9.17, 15) is 28.0 Å². The second kappa shape index (κ2) is 18.8. The summed E-state index contributed by atoms with van der Waals surface area (Å²) in [7, 11) is 3.43. The second-order valence-electron chi connectivity index (χ2n) is 18.4. The third-order valence-corrected chi connectivity index (χ3v) is 13.8. The van der Waals surface area contributed by atoms with Gasteiger partial charge in [0.1, 0.15) is 23.7 Å². The molecule has 0 bridgehead atoms. The summed E-state index contributed by atoms with van der Waals surface area (Å²) in [4.78, 5) is 67.9. The first kappa shape index (κ1) is 45.1. The minimum Gasteiger partial charge on any atom is -0.352 e. The van der Waals surface area contributed by atoms with Gasteiger partial charge in [-0.15, -0.1) is 0 Å². The quantitative estimate of drug-likeness (QED) is 0.0938. The van der Waals surface area contributed by atoms with Gasteiger partial charge in [0.25, 0.3) is 0 Å².